The molecule has 0 spiro atoms. The standard InChI is InChI=1S/C12H21N3O2/c1-14(8-4-5-12(16)17-3)9-6-11-13-7-10-15(11)2/h7,10H,4-6,8-9H2,1-3H3. The van der Waals surface area contributed by atoms with Gasteiger partial charge in [-0.3, -0.25) is 4.79 Å². The van der Waals surface area contributed by atoms with Gasteiger partial charge in [-0.1, -0.05) is 0 Å². The second-order valence-corrected chi connectivity index (χ2v) is 4.19. The Kier molecular flexibility index (Phi) is 5.69. The number of aromatic nitrogens is 2. The van der Waals surface area contributed by atoms with Gasteiger partial charge in [-0.25, -0.2) is 4.98 Å². The van der Waals surface area contributed by atoms with E-state index in [2.05, 4.69) is 21.7 Å². The number of carbonyl (C=O) groups is 1. The van der Waals surface area contributed by atoms with E-state index in [0.717, 1.165) is 31.8 Å². The minimum atomic E-state index is -0.137. The van der Waals surface area contributed by atoms with Gasteiger partial charge in [-0.15, -0.1) is 0 Å². The molecule has 5 heteroatoms. The molecule has 1 aromatic rings. The van der Waals surface area contributed by atoms with Crippen molar-refractivity contribution in [2.45, 2.75) is 19.3 Å². The number of esters is 1. The first-order valence-electron chi connectivity index (χ1n) is 5.85. The third kappa shape index (κ3) is 4.99. The molecule has 0 radical (unpaired) electrons. The third-order valence-corrected chi connectivity index (χ3v) is 2.79. The van der Waals surface area contributed by atoms with E-state index >= 15 is 0 Å². The summed E-state index contributed by atoms with van der Waals surface area (Å²) in [6, 6.07) is 0. The van der Waals surface area contributed by atoms with Crippen molar-refractivity contribution in [2.24, 2.45) is 7.05 Å². The summed E-state index contributed by atoms with van der Waals surface area (Å²) in [7, 11) is 5.48. The van der Waals surface area contributed by atoms with E-state index in [1.807, 2.05) is 24.0 Å². The zero-order valence-electron chi connectivity index (χ0n) is 10.8. The monoisotopic (exact) mass is 239 g/mol. The zero-order valence-corrected chi connectivity index (χ0v) is 10.8. The molecule has 0 saturated heterocycles. The zero-order chi connectivity index (χ0) is 12.7. The Morgan fingerprint density at radius 3 is 2.88 bits per heavy atom. The van der Waals surface area contributed by atoms with E-state index in [-0.39, 0.29) is 5.97 Å². The third-order valence-electron chi connectivity index (χ3n) is 2.79. The van der Waals surface area contributed by atoms with Crippen LogP contribution in [0.5, 0.6) is 0 Å². The largest absolute Gasteiger partial charge is 0.469 e. The maximum Gasteiger partial charge on any atom is 0.305 e. The molecule has 0 N–H and O–H groups in total. The van der Waals surface area contributed by atoms with Crippen molar-refractivity contribution in [2.75, 3.05) is 27.2 Å². The molecule has 1 rings (SSSR count). The highest BCUT2D eigenvalue weighted by Crippen LogP contribution is 1.99. The summed E-state index contributed by atoms with van der Waals surface area (Å²) in [6.07, 6.45) is 6.02. The molecule has 0 atom stereocenters. The normalized spacial score (nSPS) is 10.8. The van der Waals surface area contributed by atoms with Crippen LogP contribution in [0.4, 0.5) is 0 Å². The Labute approximate surface area is 102 Å². The Hall–Kier alpha value is -1.36. The lowest BCUT2D eigenvalue weighted by Gasteiger charge is -2.15. The van der Waals surface area contributed by atoms with Crippen molar-refractivity contribution in [1.82, 2.24) is 14.5 Å². The van der Waals surface area contributed by atoms with Gasteiger partial charge < -0.3 is 14.2 Å². The van der Waals surface area contributed by atoms with Crippen molar-refractivity contribution in [3.05, 3.63) is 18.2 Å². The summed E-state index contributed by atoms with van der Waals surface area (Å²) < 4.78 is 6.63. The smallest absolute Gasteiger partial charge is 0.305 e. The average Bonchev–Trinajstić information content (AvgIpc) is 2.72. The number of imidazole rings is 1. The number of likely N-dealkylation sites (N-methyl/N-ethyl adjacent to an activating group) is 1. The van der Waals surface area contributed by atoms with Crippen LogP contribution in [0.15, 0.2) is 12.4 Å². The van der Waals surface area contributed by atoms with Gasteiger partial charge in [0, 0.05) is 38.8 Å². The summed E-state index contributed by atoms with van der Waals surface area (Å²) in [5.74, 6) is 0.951. The first-order valence-corrected chi connectivity index (χ1v) is 5.85. The molecular weight excluding hydrogens is 218 g/mol. The van der Waals surface area contributed by atoms with Crippen LogP contribution in [0, 0.1) is 0 Å². The van der Waals surface area contributed by atoms with E-state index in [0.29, 0.717) is 6.42 Å². The minimum absolute atomic E-state index is 0.137. The van der Waals surface area contributed by atoms with Gasteiger partial charge in [-0.05, 0) is 20.0 Å². The number of methoxy groups -OCH3 is 1. The van der Waals surface area contributed by atoms with Crippen LogP contribution in [0.2, 0.25) is 0 Å². The Bertz CT molecular complexity index is 349. The van der Waals surface area contributed by atoms with Crippen LogP contribution >= 0.6 is 0 Å². The quantitative estimate of drug-likeness (QED) is 0.662. The molecule has 17 heavy (non-hydrogen) atoms. The van der Waals surface area contributed by atoms with Crippen LogP contribution in [0.25, 0.3) is 0 Å². The van der Waals surface area contributed by atoms with Crippen LogP contribution in [0.3, 0.4) is 0 Å². The molecule has 1 aromatic heterocycles. The Balaban J connectivity index is 2.15. The lowest BCUT2D eigenvalue weighted by atomic mass is 10.3. The molecule has 0 aliphatic heterocycles. The number of ether oxygens (including phenoxy) is 1. The molecule has 0 bridgehead atoms. The fourth-order valence-corrected chi connectivity index (χ4v) is 1.64. The molecule has 0 amide bonds. The number of hydrogen-bond acceptors (Lipinski definition) is 4. The van der Waals surface area contributed by atoms with Gasteiger partial charge in [0.2, 0.25) is 0 Å². The maximum atomic E-state index is 10.9. The van der Waals surface area contributed by atoms with Gasteiger partial charge in [0.25, 0.3) is 0 Å². The molecule has 96 valence electrons. The fraction of sp³-hybridized carbons (Fsp3) is 0.667. The molecule has 0 aliphatic carbocycles. The van der Waals surface area contributed by atoms with Crippen LogP contribution in [0.1, 0.15) is 18.7 Å². The van der Waals surface area contributed by atoms with E-state index in [4.69, 9.17) is 0 Å². The van der Waals surface area contributed by atoms with Crippen molar-refractivity contribution in [3.63, 3.8) is 0 Å². The summed E-state index contributed by atoms with van der Waals surface area (Å²) in [6.45, 7) is 1.85. The van der Waals surface area contributed by atoms with Gasteiger partial charge in [0.1, 0.15) is 5.82 Å². The summed E-state index contributed by atoms with van der Waals surface area (Å²) in [5, 5.41) is 0. The predicted molar refractivity (Wildman–Crippen MR) is 65.7 cm³/mol. The van der Waals surface area contributed by atoms with Crippen LogP contribution in [-0.4, -0.2) is 47.7 Å². The number of rotatable bonds is 7. The van der Waals surface area contributed by atoms with Crippen LogP contribution < -0.4 is 0 Å². The summed E-state index contributed by atoms with van der Waals surface area (Å²) in [5.41, 5.74) is 0. The molecular formula is C12H21N3O2. The lowest BCUT2D eigenvalue weighted by molar-refractivity contribution is -0.140. The highest BCUT2D eigenvalue weighted by Gasteiger charge is 2.04. The molecule has 0 unspecified atom stereocenters. The second kappa shape index (κ2) is 7.06. The second-order valence-electron chi connectivity index (χ2n) is 4.19. The fourth-order valence-electron chi connectivity index (χ4n) is 1.64. The highest BCUT2D eigenvalue weighted by atomic mass is 16.5. The molecule has 1 heterocycles. The highest BCUT2D eigenvalue weighted by molar-refractivity contribution is 5.69. The van der Waals surface area contributed by atoms with E-state index in [1.165, 1.54) is 7.11 Å². The number of nitrogens with zero attached hydrogens (tertiary/aromatic N) is 3. The molecule has 5 nitrogen and oxygen atoms in total. The first-order chi connectivity index (χ1) is 8.13. The topological polar surface area (TPSA) is 47.4 Å². The van der Waals surface area contributed by atoms with Gasteiger partial charge in [0.05, 0.1) is 7.11 Å². The van der Waals surface area contributed by atoms with E-state index < -0.39 is 0 Å². The molecule has 0 fully saturated rings. The Morgan fingerprint density at radius 1 is 1.53 bits per heavy atom. The van der Waals surface area contributed by atoms with Gasteiger partial charge in [0.15, 0.2) is 0 Å². The van der Waals surface area contributed by atoms with E-state index in [9.17, 15) is 4.79 Å². The first kappa shape index (κ1) is 13.7. The van der Waals surface area contributed by atoms with E-state index in [1.54, 1.807) is 0 Å². The van der Waals surface area contributed by atoms with Crippen molar-refractivity contribution in [1.29, 1.82) is 0 Å². The summed E-state index contributed by atoms with van der Waals surface area (Å²) >= 11 is 0. The van der Waals surface area contributed by atoms with Crippen molar-refractivity contribution < 1.29 is 9.53 Å². The summed E-state index contributed by atoms with van der Waals surface area (Å²) in [4.78, 5) is 17.4. The van der Waals surface area contributed by atoms with Gasteiger partial charge >= 0.3 is 5.97 Å². The minimum Gasteiger partial charge on any atom is -0.469 e. The predicted octanol–water partition coefficient (Wildman–Crippen LogP) is 0.848. The number of hydrogen-bond donors (Lipinski definition) is 0. The van der Waals surface area contributed by atoms with Crippen LogP contribution in [-0.2, 0) is 23.0 Å². The van der Waals surface area contributed by atoms with Crippen molar-refractivity contribution >= 4 is 5.97 Å². The number of aryl methyl sites for hydroxylation is 1. The molecule has 0 aromatic carbocycles. The lowest BCUT2D eigenvalue weighted by Crippen LogP contribution is -2.24. The average molecular weight is 239 g/mol. The Morgan fingerprint density at radius 2 is 2.29 bits per heavy atom. The van der Waals surface area contributed by atoms with Gasteiger partial charge in [-0.2, -0.15) is 0 Å². The number of carbonyl (C=O) groups excluding carboxylic acids is 1. The van der Waals surface area contributed by atoms with Crippen molar-refractivity contribution in [3.8, 4) is 0 Å². The molecule has 0 saturated carbocycles. The SMILES string of the molecule is COC(=O)CCCN(C)CCc1nccn1C. The maximum absolute atomic E-state index is 10.9. The molecule has 0 aliphatic rings.